The Hall–Kier alpha value is -1.09. The number of carbonyl (C=O) groups excluding carboxylic acids is 1. The van der Waals surface area contributed by atoms with E-state index in [2.05, 4.69) is 4.99 Å². The Morgan fingerprint density at radius 1 is 1.33 bits per heavy atom. The second-order valence-corrected chi connectivity index (χ2v) is 3.50. The number of hydrogen-bond donors (Lipinski definition) is 0. The number of nitrogens with zero attached hydrogens (tertiary/aromatic N) is 1. The van der Waals surface area contributed by atoms with Crippen LogP contribution in [0.15, 0.2) is 34.2 Å². The Kier molecular flexibility index (Phi) is 1.96. The number of rotatable bonds is 0. The third kappa shape index (κ3) is 1.41. The number of ketones is 1. The lowest BCUT2D eigenvalue weighted by Crippen LogP contribution is -1.99. The second-order valence-electron chi connectivity index (χ2n) is 2.48. The van der Waals surface area contributed by atoms with Crippen molar-refractivity contribution < 1.29 is 4.79 Å². The molecule has 1 aromatic carbocycles. The number of hydrogen-bond acceptors (Lipinski definition) is 3. The van der Waals surface area contributed by atoms with E-state index in [0.29, 0.717) is 5.75 Å². The fourth-order valence-electron chi connectivity index (χ4n) is 1.01. The third-order valence-electron chi connectivity index (χ3n) is 1.58. The molecule has 0 N–H and O–H groups in total. The molecule has 60 valence electrons. The quantitative estimate of drug-likeness (QED) is 0.607. The summed E-state index contributed by atoms with van der Waals surface area (Å²) in [5.74, 6) is 0.580. The molecule has 1 aliphatic rings. The fourth-order valence-corrected chi connectivity index (χ4v) is 1.83. The van der Waals surface area contributed by atoms with Gasteiger partial charge < -0.3 is 0 Å². The zero-order chi connectivity index (χ0) is 8.39. The van der Waals surface area contributed by atoms with Gasteiger partial charge in [-0.3, -0.25) is 9.79 Å². The van der Waals surface area contributed by atoms with Crippen molar-refractivity contribution in [1.82, 2.24) is 0 Å². The van der Waals surface area contributed by atoms with E-state index in [-0.39, 0.29) is 5.78 Å². The molecule has 0 saturated carbocycles. The van der Waals surface area contributed by atoms with Gasteiger partial charge in [0.1, 0.15) is 0 Å². The average molecular weight is 177 g/mol. The molecule has 2 nitrogen and oxygen atoms in total. The van der Waals surface area contributed by atoms with Crippen LogP contribution < -0.4 is 0 Å². The SMILES string of the molecule is O=C1C=Nc2ccccc2SC1. The van der Waals surface area contributed by atoms with Crippen molar-refractivity contribution in [2.75, 3.05) is 5.75 Å². The van der Waals surface area contributed by atoms with Crippen LogP contribution in [0.4, 0.5) is 5.69 Å². The third-order valence-corrected chi connectivity index (χ3v) is 2.67. The van der Waals surface area contributed by atoms with Crippen molar-refractivity contribution in [3.63, 3.8) is 0 Å². The highest BCUT2D eigenvalue weighted by atomic mass is 32.2. The summed E-state index contributed by atoms with van der Waals surface area (Å²) in [7, 11) is 0. The number of aliphatic imine (C=N–C) groups is 1. The molecule has 0 unspecified atom stereocenters. The Labute approximate surface area is 74.7 Å². The highest BCUT2D eigenvalue weighted by Gasteiger charge is 2.07. The summed E-state index contributed by atoms with van der Waals surface area (Å²) in [6.45, 7) is 0. The molecule has 2 rings (SSSR count). The van der Waals surface area contributed by atoms with E-state index in [9.17, 15) is 4.79 Å². The number of carbonyl (C=O) groups is 1. The molecule has 0 fully saturated rings. The monoisotopic (exact) mass is 177 g/mol. The molecule has 1 aliphatic heterocycles. The molecule has 1 aromatic rings. The van der Waals surface area contributed by atoms with E-state index in [1.165, 1.54) is 6.21 Å². The molecule has 0 saturated heterocycles. The van der Waals surface area contributed by atoms with Gasteiger partial charge in [0, 0.05) is 4.90 Å². The maximum Gasteiger partial charge on any atom is 0.184 e. The second kappa shape index (κ2) is 3.11. The van der Waals surface area contributed by atoms with E-state index in [4.69, 9.17) is 0 Å². The largest absolute Gasteiger partial charge is 0.292 e. The molecule has 12 heavy (non-hydrogen) atoms. The number of fused-ring (bicyclic) bond motifs is 1. The smallest absolute Gasteiger partial charge is 0.184 e. The summed E-state index contributed by atoms with van der Waals surface area (Å²) in [5.41, 5.74) is 0.897. The molecule has 0 bridgehead atoms. The summed E-state index contributed by atoms with van der Waals surface area (Å²) in [6.07, 6.45) is 1.40. The molecule has 1 heterocycles. The van der Waals surface area contributed by atoms with Crippen LogP contribution in [0.3, 0.4) is 0 Å². The van der Waals surface area contributed by atoms with Gasteiger partial charge in [0.25, 0.3) is 0 Å². The lowest BCUT2D eigenvalue weighted by Gasteiger charge is -1.98. The van der Waals surface area contributed by atoms with E-state index >= 15 is 0 Å². The Morgan fingerprint density at radius 2 is 2.17 bits per heavy atom. The van der Waals surface area contributed by atoms with Crippen molar-refractivity contribution >= 4 is 29.4 Å². The molecule has 0 spiro atoms. The van der Waals surface area contributed by atoms with Gasteiger partial charge in [-0.2, -0.15) is 0 Å². The van der Waals surface area contributed by atoms with Crippen molar-refractivity contribution in [2.45, 2.75) is 4.90 Å². The van der Waals surface area contributed by atoms with Crippen molar-refractivity contribution in [3.05, 3.63) is 24.3 Å². The van der Waals surface area contributed by atoms with Gasteiger partial charge in [-0.25, -0.2) is 0 Å². The topological polar surface area (TPSA) is 29.4 Å². The minimum Gasteiger partial charge on any atom is -0.292 e. The van der Waals surface area contributed by atoms with E-state index < -0.39 is 0 Å². The molecule has 0 amide bonds. The number of benzene rings is 1. The van der Waals surface area contributed by atoms with Crippen LogP contribution in [0.1, 0.15) is 0 Å². The van der Waals surface area contributed by atoms with Crippen LogP contribution in [0.2, 0.25) is 0 Å². The van der Waals surface area contributed by atoms with Crippen LogP contribution in [-0.4, -0.2) is 17.8 Å². The summed E-state index contributed by atoms with van der Waals surface area (Å²) in [4.78, 5) is 16.1. The first-order chi connectivity index (χ1) is 5.86. The first kappa shape index (κ1) is 7.55. The van der Waals surface area contributed by atoms with Crippen LogP contribution >= 0.6 is 11.8 Å². The lowest BCUT2D eigenvalue weighted by molar-refractivity contribution is -0.110. The number of thioether (sulfide) groups is 1. The summed E-state index contributed by atoms with van der Waals surface area (Å²) in [6, 6.07) is 7.77. The minimum atomic E-state index is 0.0798. The van der Waals surface area contributed by atoms with Gasteiger partial charge in [0.15, 0.2) is 5.78 Å². The van der Waals surface area contributed by atoms with E-state index in [1.54, 1.807) is 11.8 Å². The van der Waals surface area contributed by atoms with Gasteiger partial charge in [-0.1, -0.05) is 12.1 Å². The molecular formula is C9H7NOS. The Bertz CT molecular complexity index is 346. The van der Waals surface area contributed by atoms with Crippen LogP contribution in [0, 0.1) is 0 Å². The molecule has 0 aliphatic carbocycles. The van der Waals surface area contributed by atoms with Crippen LogP contribution in [-0.2, 0) is 4.79 Å². The summed E-state index contributed by atoms with van der Waals surface area (Å²) in [5, 5.41) is 0. The summed E-state index contributed by atoms with van der Waals surface area (Å²) < 4.78 is 0. The van der Waals surface area contributed by atoms with Crippen molar-refractivity contribution in [3.8, 4) is 0 Å². The Morgan fingerprint density at radius 3 is 3.08 bits per heavy atom. The molecule has 3 heteroatoms. The van der Waals surface area contributed by atoms with Crippen LogP contribution in [0.25, 0.3) is 0 Å². The maximum atomic E-state index is 11.0. The lowest BCUT2D eigenvalue weighted by atomic mass is 10.3. The fraction of sp³-hybridized carbons (Fsp3) is 0.111. The maximum absolute atomic E-state index is 11.0. The molecule has 0 radical (unpaired) electrons. The van der Waals surface area contributed by atoms with E-state index in [1.807, 2.05) is 24.3 Å². The van der Waals surface area contributed by atoms with Crippen molar-refractivity contribution in [1.29, 1.82) is 0 Å². The van der Waals surface area contributed by atoms with Crippen LogP contribution in [0.5, 0.6) is 0 Å². The molecule has 0 aromatic heterocycles. The van der Waals surface area contributed by atoms with Gasteiger partial charge in [0.05, 0.1) is 17.7 Å². The average Bonchev–Trinajstić information content (AvgIpc) is 2.29. The standard InChI is InChI=1S/C9H7NOS/c11-7-5-10-8-3-1-2-4-9(8)12-6-7/h1-5H,6H2. The normalized spacial score (nSPS) is 15.5. The minimum absolute atomic E-state index is 0.0798. The molecule has 0 atom stereocenters. The first-order valence-electron chi connectivity index (χ1n) is 3.65. The highest BCUT2D eigenvalue weighted by Crippen LogP contribution is 2.30. The van der Waals surface area contributed by atoms with Gasteiger partial charge in [0.2, 0.25) is 0 Å². The Balaban J connectivity index is 2.45. The number of Topliss-reactive ketones (excluding diaryl/α,β-unsaturated/α-hetero) is 1. The molecular weight excluding hydrogens is 170 g/mol. The summed E-state index contributed by atoms with van der Waals surface area (Å²) >= 11 is 1.54. The van der Waals surface area contributed by atoms with Gasteiger partial charge >= 0.3 is 0 Å². The van der Waals surface area contributed by atoms with Gasteiger partial charge in [-0.05, 0) is 12.1 Å². The zero-order valence-corrected chi connectivity index (χ0v) is 7.17. The predicted octanol–water partition coefficient (Wildman–Crippen LogP) is 2.06. The first-order valence-corrected chi connectivity index (χ1v) is 4.63. The zero-order valence-electron chi connectivity index (χ0n) is 6.36. The van der Waals surface area contributed by atoms with Crippen molar-refractivity contribution in [2.24, 2.45) is 4.99 Å². The number of para-hydroxylation sites is 1. The van der Waals surface area contributed by atoms with E-state index in [0.717, 1.165) is 10.6 Å². The highest BCUT2D eigenvalue weighted by molar-refractivity contribution is 8.00. The predicted molar refractivity (Wildman–Crippen MR) is 50.3 cm³/mol. The van der Waals surface area contributed by atoms with Gasteiger partial charge in [-0.15, -0.1) is 11.8 Å².